The molecule has 4 aliphatic rings. The number of aliphatic hydroxyl groups excluding tert-OH is 3. The SMILES string of the molecule is CNC(CCC(=O)NCC(C)=O)C(=O)NCC(=O)NC1C(O)OC(Oc2c3c(cc4c2OCO4)C(c2cc(OC)c(O)c(OC)c2)C2C(=O)OCC2C3)C(O)C1CO. The Bertz CT molecular complexity index is 1880. The number of carbonyl (C=O) groups is 5. The number of phenolic OH excluding ortho intramolecular Hbond substituents is 1. The fourth-order valence-corrected chi connectivity index (χ4v) is 7.86. The summed E-state index contributed by atoms with van der Waals surface area (Å²) in [6.45, 7) is -0.165. The zero-order chi connectivity index (χ0) is 41.8. The minimum atomic E-state index is -1.82. The molecular formula is C38H48N4O16. The van der Waals surface area contributed by atoms with E-state index in [1.54, 1.807) is 18.2 Å². The number of benzene rings is 2. The van der Waals surface area contributed by atoms with Crippen molar-refractivity contribution in [2.24, 2.45) is 17.8 Å². The number of Topliss-reactive ketones (excluding diaryl/α,β-unsaturated/α-hetero) is 1. The third-order valence-corrected chi connectivity index (χ3v) is 10.8. The van der Waals surface area contributed by atoms with Gasteiger partial charge in [0.25, 0.3) is 0 Å². The Morgan fingerprint density at radius 3 is 2.36 bits per heavy atom. The Labute approximate surface area is 332 Å². The molecular weight excluding hydrogens is 768 g/mol. The molecule has 1 aliphatic carbocycles. The Balaban J connectivity index is 1.19. The molecule has 9 atom stereocenters. The summed E-state index contributed by atoms with van der Waals surface area (Å²) in [4.78, 5) is 62.1. The van der Waals surface area contributed by atoms with Gasteiger partial charge in [0.1, 0.15) is 11.9 Å². The topological polar surface area (TPSA) is 279 Å². The number of esters is 1. The van der Waals surface area contributed by atoms with E-state index in [-0.39, 0.29) is 85.4 Å². The Morgan fingerprint density at radius 1 is 0.983 bits per heavy atom. The standard InChI is InChI=1S/C38H48N4O16/c1-16(44)11-40-26(45)6-5-22(39-2)35(49)41-12-27(46)42-30-21(13-43)31(47)38(58-37(30)51)57-33-20-7-18-14-54-36(50)29(18)28(19(20)10-25-34(33)56-15-55-25)17-8-23(52-3)32(48)24(9-17)53-4/h8-10,18,21-22,28-31,37-39,43,47-48,51H,5-7,11-15H2,1-4H3,(H,40,45)(H,41,49)(H,42,46). The van der Waals surface area contributed by atoms with Gasteiger partial charge in [-0.05, 0) is 56.1 Å². The molecule has 2 fully saturated rings. The maximum Gasteiger partial charge on any atom is 0.310 e. The molecule has 9 unspecified atom stereocenters. The summed E-state index contributed by atoms with van der Waals surface area (Å²) in [7, 11) is 4.27. The number of aromatic hydroxyl groups is 1. The predicted molar refractivity (Wildman–Crippen MR) is 196 cm³/mol. The van der Waals surface area contributed by atoms with Crippen molar-refractivity contribution in [1.29, 1.82) is 0 Å². The molecule has 2 aromatic rings. The minimum Gasteiger partial charge on any atom is -0.502 e. The monoisotopic (exact) mass is 816 g/mol. The Kier molecular flexibility index (Phi) is 13.1. The van der Waals surface area contributed by atoms with Crippen LogP contribution in [0.25, 0.3) is 0 Å². The lowest BCUT2D eigenvalue weighted by atomic mass is 9.67. The molecule has 0 saturated carbocycles. The van der Waals surface area contributed by atoms with Gasteiger partial charge >= 0.3 is 5.97 Å². The quantitative estimate of drug-likeness (QED) is 0.0878. The molecule has 0 spiro atoms. The van der Waals surface area contributed by atoms with Crippen LogP contribution < -0.4 is 45.0 Å². The predicted octanol–water partition coefficient (Wildman–Crippen LogP) is -1.69. The Morgan fingerprint density at radius 2 is 1.71 bits per heavy atom. The van der Waals surface area contributed by atoms with E-state index < -0.39 is 85.4 Å². The van der Waals surface area contributed by atoms with Crippen molar-refractivity contribution >= 4 is 29.5 Å². The smallest absolute Gasteiger partial charge is 0.310 e. The molecule has 0 aromatic heterocycles. The second-order valence-electron chi connectivity index (χ2n) is 14.4. The van der Waals surface area contributed by atoms with Gasteiger partial charge in [-0.3, -0.25) is 24.0 Å². The van der Waals surface area contributed by atoms with Crippen molar-refractivity contribution in [2.45, 2.75) is 62.9 Å². The molecule has 58 heavy (non-hydrogen) atoms. The number of ether oxygens (including phenoxy) is 7. The second-order valence-corrected chi connectivity index (χ2v) is 14.4. The van der Waals surface area contributed by atoms with Gasteiger partial charge in [0.2, 0.25) is 42.3 Å². The van der Waals surface area contributed by atoms with Crippen molar-refractivity contribution in [3.63, 3.8) is 0 Å². The average Bonchev–Trinajstić information content (AvgIpc) is 3.83. The summed E-state index contributed by atoms with van der Waals surface area (Å²) in [5, 5.41) is 53.8. The molecule has 2 saturated heterocycles. The van der Waals surface area contributed by atoms with Gasteiger partial charge in [0.05, 0.1) is 58.5 Å². The third kappa shape index (κ3) is 8.56. The first kappa shape index (κ1) is 42.2. The van der Waals surface area contributed by atoms with E-state index in [1.165, 1.54) is 28.2 Å². The number of methoxy groups -OCH3 is 2. The number of rotatable bonds is 16. The number of ketones is 1. The number of phenols is 1. The lowest BCUT2D eigenvalue weighted by molar-refractivity contribution is -0.288. The number of carbonyl (C=O) groups excluding carboxylic acids is 5. The zero-order valence-electron chi connectivity index (χ0n) is 32.3. The van der Waals surface area contributed by atoms with Crippen LogP contribution in [-0.4, -0.2) is 135 Å². The van der Waals surface area contributed by atoms with Crippen molar-refractivity contribution in [1.82, 2.24) is 21.3 Å². The Hall–Kier alpha value is -5.41. The van der Waals surface area contributed by atoms with Gasteiger partial charge < -0.3 is 74.9 Å². The highest BCUT2D eigenvalue weighted by atomic mass is 16.7. The van der Waals surface area contributed by atoms with Crippen LogP contribution in [0.3, 0.4) is 0 Å². The zero-order valence-corrected chi connectivity index (χ0v) is 32.3. The number of nitrogens with one attached hydrogen (secondary N) is 4. The summed E-state index contributed by atoms with van der Waals surface area (Å²) in [5.41, 5.74) is 1.71. The first-order valence-corrected chi connectivity index (χ1v) is 18.7. The summed E-state index contributed by atoms with van der Waals surface area (Å²) in [5.74, 6) is -4.83. The average molecular weight is 817 g/mol. The molecule has 3 aliphatic heterocycles. The van der Waals surface area contributed by atoms with Crippen molar-refractivity contribution in [2.75, 3.05) is 54.4 Å². The first-order chi connectivity index (χ1) is 27.8. The lowest BCUT2D eigenvalue weighted by Crippen LogP contribution is -2.63. The van der Waals surface area contributed by atoms with E-state index in [1.807, 2.05) is 0 Å². The number of likely N-dealkylation sites (N-methyl/N-ethyl adjacent to an activating group) is 1. The van der Waals surface area contributed by atoms with Crippen LogP contribution in [0.4, 0.5) is 0 Å². The normalized spacial score (nSPS) is 26.0. The maximum atomic E-state index is 13.3. The summed E-state index contributed by atoms with van der Waals surface area (Å²) in [6, 6.07) is 2.72. The van der Waals surface area contributed by atoms with Gasteiger partial charge in [-0.2, -0.15) is 0 Å². The van der Waals surface area contributed by atoms with Crippen LogP contribution in [-0.2, 0) is 39.9 Å². The van der Waals surface area contributed by atoms with Crippen LogP contribution in [0.5, 0.6) is 34.5 Å². The third-order valence-electron chi connectivity index (χ3n) is 10.8. The van der Waals surface area contributed by atoms with Crippen LogP contribution >= 0.6 is 0 Å². The van der Waals surface area contributed by atoms with Crippen LogP contribution in [0.15, 0.2) is 18.2 Å². The maximum absolute atomic E-state index is 13.3. The van der Waals surface area contributed by atoms with Crippen LogP contribution in [0.1, 0.15) is 42.4 Å². The summed E-state index contributed by atoms with van der Waals surface area (Å²) >= 11 is 0. The number of hydrogen-bond donors (Lipinski definition) is 8. The highest BCUT2D eigenvalue weighted by Gasteiger charge is 2.51. The van der Waals surface area contributed by atoms with Crippen molar-refractivity contribution < 1.29 is 77.6 Å². The van der Waals surface area contributed by atoms with Gasteiger partial charge in [-0.15, -0.1) is 0 Å². The molecule has 0 bridgehead atoms. The van der Waals surface area contributed by atoms with E-state index in [9.17, 15) is 44.4 Å². The molecule has 3 amide bonds. The van der Waals surface area contributed by atoms with Crippen molar-refractivity contribution in [3.05, 3.63) is 34.9 Å². The van der Waals surface area contributed by atoms with Gasteiger partial charge in [0.15, 0.2) is 29.3 Å². The molecule has 0 radical (unpaired) electrons. The fourth-order valence-electron chi connectivity index (χ4n) is 7.86. The first-order valence-electron chi connectivity index (χ1n) is 18.7. The van der Waals surface area contributed by atoms with Gasteiger partial charge in [0, 0.05) is 29.7 Å². The highest BCUT2D eigenvalue weighted by molar-refractivity contribution is 5.88. The van der Waals surface area contributed by atoms with E-state index >= 15 is 0 Å². The largest absolute Gasteiger partial charge is 0.502 e. The van der Waals surface area contributed by atoms with Crippen molar-refractivity contribution in [3.8, 4) is 34.5 Å². The molecule has 316 valence electrons. The van der Waals surface area contributed by atoms with E-state index in [2.05, 4.69) is 21.3 Å². The number of fused-ring (bicyclic) bond motifs is 3. The second kappa shape index (κ2) is 18.0. The summed E-state index contributed by atoms with van der Waals surface area (Å²) < 4.78 is 40.0. The summed E-state index contributed by atoms with van der Waals surface area (Å²) in [6.07, 6.45) is -4.79. The molecule has 20 nitrogen and oxygen atoms in total. The van der Waals surface area contributed by atoms with E-state index in [4.69, 9.17) is 33.2 Å². The van der Waals surface area contributed by atoms with Crippen LogP contribution in [0, 0.1) is 17.8 Å². The highest BCUT2D eigenvalue weighted by Crippen LogP contribution is 2.56. The number of hydrogen-bond acceptors (Lipinski definition) is 17. The lowest BCUT2D eigenvalue weighted by Gasteiger charge is -2.43. The van der Waals surface area contributed by atoms with Gasteiger partial charge in [-0.1, -0.05) is 0 Å². The molecule has 20 heteroatoms. The molecule has 3 heterocycles. The van der Waals surface area contributed by atoms with Gasteiger partial charge in [-0.25, -0.2) is 0 Å². The van der Waals surface area contributed by atoms with Crippen LogP contribution in [0.2, 0.25) is 0 Å². The number of amides is 3. The number of aliphatic hydroxyl groups is 3. The molecule has 6 rings (SSSR count). The molecule has 8 N–H and O–H groups in total. The minimum absolute atomic E-state index is 0.0598. The van der Waals surface area contributed by atoms with E-state index in [0.29, 0.717) is 16.7 Å². The fraction of sp³-hybridized carbons (Fsp3) is 0.553. The number of cyclic esters (lactones) is 1. The molecule has 2 aromatic carbocycles. The van der Waals surface area contributed by atoms with E-state index in [0.717, 1.165) is 0 Å².